The van der Waals surface area contributed by atoms with E-state index in [1.807, 2.05) is 13.8 Å². The summed E-state index contributed by atoms with van der Waals surface area (Å²) in [5.74, 6) is -0.824. The third kappa shape index (κ3) is 4.85. The molecule has 1 amide bonds. The van der Waals surface area contributed by atoms with Gasteiger partial charge in [0, 0.05) is 31.1 Å². The van der Waals surface area contributed by atoms with E-state index in [1.165, 1.54) is 20.5 Å². The summed E-state index contributed by atoms with van der Waals surface area (Å²) in [6.45, 7) is 4.57. The number of aryl methyl sites for hydroxylation is 2. The van der Waals surface area contributed by atoms with Crippen molar-refractivity contribution in [3.63, 3.8) is 0 Å². The number of hydrogen-bond donors (Lipinski definition) is 0. The summed E-state index contributed by atoms with van der Waals surface area (Å²) in [5.41, 5.74) is 1.10. The molecule has 1 aromatic carbocycles. The number of esters is 1. The summed E-state index contributed by atoms with van der Waals surface area (Å²) < 4.78 is 31.8. The first kappa shape index (κ1) is 21.5. The lowest BCUT2D eigenvalue weighted by Crippen LogP contribution is -2.51. The molecule has 1 aliphatic heterocycles. The number of carbonyl (C=O) groups is 2. The van der Waals surface area contributed by atoms with Crippen LogP contribution in [0.1, 0.15) is 27.0 Å². The minimum Gasteiger partial charge on any atom is -0.451 e. The fourth-order valence-electron chi connectivity index (χ4n) is 3.18. The number of amides is 1. The first-order valence-corrected chi connectivity index (χ1v) is 11.7. The lowest BCUT2D eigenvalue weighted by molar-refractivity contribution is -0.135. The van der Waals surface area contributed by atoms with E-state index >= 15 is 0 Å². The molecule has 1 fully saturated rings. The molecule has 0 atom stereocenters. The highest BCUT2D eigenvalue weighted by Gasteiger charge is 2.30. The number of hydrogen-bond acceptors (Lipinski definition) is 6. The molecule has 29 heavy (non-hydrogen) atoms. The third-order valence-electron chi connectivity index (χ3n) is 4.90. The van der Waals surface area contributed by atoms with Crippen LogP contribution in [0.3, 0.4) is 0 Å². The van der Waals surface area contributed by atoms with Gasteiger partial charge in [-0.3, -0.25) is 4.79 Å². The molecule has 3 rings (SSSR count). The zero-order valence-corrected chi connectivity index (χ0v) is 18.1. The smallest absolute Gasteiger partial charge is 0.348 e. The van der Waals surface area contributed by atoms with E-state index in [2.05, 4.69) is 0 Å². The molecule has 156 valence electrons. The minimum absolute atomic E-state index is 0.209. The molecule has 0 spiro atoms. The topological polar surface area (TPSA) is 84.0 Å². The number of sulfonamides is 1. The molecule has 7 nitrogen and oxygen atoms in total. The van der Waals surface area contributed by atoms with Crippen molar-refractivity contribution in [3.8, 4) is 0 Å². The Morgan fingerprint density at radius 3 is 2.34 bits per heavy atom. The molecule has 0 unspecified atom stereocenters. The van der Waals surface area contributed by atoms with E-state index in [4.69, 9.17) is 4.74 Å². The fraction of sp³-hybridized carbons (Fsp3) is 0.400. The van der Waals surface area contributed by atoms with E-state index in [-0.39, 0.29) is 43.6 Å². The van der Waals surface area contributed by atoms with Gasteiger partial charge in [0.2, 0.25) is 10.0 Å². The number of rotatable bonds is 6. The quantitative estimate of drug-likeness (QED) is 0.649. The van der Waals surface area contributed by atoms with Gasteiger partial charge in [0.25, 0.3) is 5.91 Å². The Kier molecular flexibility index (Phi) is 6.71. The highest BCUT2D eigenvalue weighted by molar-refractivity contribution is 7.89. The van der Waals surface area contributed by atoms with Crippen LogP contribution >= 0.6 is 11.3 Å². The van der Waals surface area contributed by atoms with E-state index in [9.17, 15) is 18.0 Å². The van der Waals surface area contributed by atoms with Gasteiger partial charge in [-0.05, 0) is 37.1 Å². The van der Waals surface area contributed by atoms with Gasteiger partial charge in [0.15, 0.2) is 6.61 Å². The standard InChI is InChI=1S/C20H24N2O5S2/c1-3-16-13-18(28-15(16)2)20(24)27-14-19(23)21-9-11-22(12-10-21)29(25,26)17-7-5-4-6-8-17/h4-8,13H,3,9-12,14H2,1-2H3. The van der Waals surface area contributed by atoms with Gasteiger partial charge < -0.3 is 9.64 Å². The average molecular weight is 437 g/mol. The molecule has 0 radical (unpaired) electrons. The van der Waals surface area contributed by atoms with Crippen molar-refractivity contribution in [2.24, 2.45) is 0 Å². The van der Waals surface area contributed by atoms with Crippen molar-refractivity contribution in [1.29, 1.82) is 0 Å². The second-order valence-electron chi connectivity index (χ2n) is 6.72. The molecule has 0 N–H and O–H groups in total. The van der Waals surface area contributed by atoms with Crippen LogP contribution in [0.25, 0.3) is 0 Å². The Labute approximate surface area is 174 Å². The number of ether oxygens (including phenoxy) is 1. The van der Waals surface area contributed by atoms with Crippen LogP contribution in [0.2, 0.25) is 0 Å². The monoisotopic (exact) mass is 436 g/mol. The molecule has 9 heteroatoms. The SMILES string of the molecule is CCc1cc(C(=O)OCC(=O)N2CCN(S(=O)(=O)c3ccccc3)CC2)sc1C. The van der Waals surface area contributed by atoms with Crippen LogP contribution in [0.4, 0.5) is 0 Å². The Hall–Kier alpha value is -2.23. The first-order valence-electron chi connectivity index (χ1n) is 9.42. The summed E-state index contributed by atoms with van der Waals surface area (Å²) in [5, 5.41) is 0. The van der Waals surface area contributed by atoms with Gasteiger partial charge in [-0.15, -0.1) is 11.3 Å². The van der Waals surface area contributed by atoms with Gasteiger partial charge in [0.1, 0.15) is 4.88 Å². The number of nitrogens with zero attached hydrogens (tertiary/aromatic N) is 2. The number of piperazine rings is 1. The molecule has 1 saturated heterocycles. The number of benzene rings is 1. The van der Waals surface area contributed by atoms with Crippen LogP contribution in [0.5, 0.6) is 0 Å². The molecule has 1 aliphatic rings. The van der Waals surface area contributed by atoms with Crippen molar-refractivity contribution in [2.45, 2.75) is 25.2 Å². The highest BCUT2D eigenvalue weighted by atomic mass is 32.2. The molecule has 1 aromatic heterocycles. The van der Waals surface area contributed by atoms with Gasteiger partial charge in [-0.2, -0.15) is 4.31 Å². The summed E-state index contributed by atoms with van der Waals surface area (Å²) in [7, 11) is -3.57. The lowest BCUT2D eigenvalue weighted by Gasteiger charge is -2.33. The number of carbonyl (C=O) groups excluding carboxylic acids is 2. The molecular weight excluding hydrogens is 412 g/mol. The van der Waals surface area contributed by atoms with E-state index in [1.54, 1.807) is 36.4 Å². The largest absolute Gasteiger partial charge is 0.451 e. The van der Waals surface area contributed by atoms with Crippen LogP contribution in [0.15, 0.2) is 41.3 Å². The van der Waals surface area contributed by atoms with Gasteiger partial charge in [0.05, 0.1) is 4.90 Å². The Morgan fingerprint density at radius 2 is 1.76 bits per heavy atom. The zero-order valence-electron chi connectivity index (χ0n) is 16.5. The molecule has 0 bridgehead atoms. The maximum atomic E-state index is 12.6. The summed E-state index contributed by atoms with van der Waals surface area (Å²) in [6.07, 6.45) is 0.838. The van der Waals surface area contributed by atoms with Crippen LogP contribution in [-0.4, -0.2) is 62.3 Å². The van der Waals surface area contributed by atoms with Crippen molar-refractivity contribution < 1.29 is 22.7 Å². The van der Waals surface area contributed by atoms with E-state index < -0.39 is 16.0 Å². The van der Waals surface area contributed by atoms with Crippen molar-refractivity contribution in [2.75, 3.05) is 32.8 Å². The molecule has 0 aliphatic carbocycles. The zero-order chi connectivity index (χ0) is 21.0. The van der Waals surface area contributed by atoms with E-state index in [0.717, 1.165) is 16.9 Å². The Bertz CT molecular complexity index is 978. The number of thiophene rings is 1. The fourth-order valence-corrected chi connectivity index (χ4v) is 5.63. The van der Waals surface area contributed by atoms with E-state index in [0.29, 0.717) is 4.88 Å². The minimum atomic E-state index is -3.57. The average Bonchev–Trinajstić information content (AvgIpc) is 3.13. The van der Waals surface area contributed by atoms with Crippen molar-refractivity contribution in [3.05, 3.63) is 51.7 Å². The maximum absolute atomic E-state index is 12.6. The molecular formula is C20H24N2O5S2. The summed E-state index contributed by atoms with van der Waals surface area (Å²) in [4.78, 5) is 27.9. The van der Waals surface area contributed by atoms with Crippen LogP contribution in [0, 0.1) is 6.92 Å². The second kappa shape index (κ2) is 9.06. The summed E-state index contributed by atoms with van der Waals surface area (Å²) in [6, 6.07) is 10.0. The van der Waals surface area contributed by atoms with Crippen LogP contribution in [-0.2, 0) is 26.0 Å². The predicted molar refractivity (Wildman–Crippen MR) is 110 cm³/mol. The normalized spacial score (nSPS) is 15.3. The Balaban J connectivity index is 1.51. The predicted octanol–water partition coefficient (Wildman–Crippen LogP) is 2.31. The molecule has 0 saturated carbocycles. The van der Waals surface area contributed by atoms with Crippen LogP contribution < -0.4 is 0 Å². The lowest BCUT2D eigenvalue weighted by atomic mass is 10.2. The highest BCUT2D eigenvalue weighted by Crippen LogP contribution is 2.23. The summed E-state index contributed by atoms with van der Waals surface area (Å²) >= 11 is 1.36. The van der Waals surface area contributed by atoms with Gasteiger partial charge >= 0.3 is 5.97 Å². The Morgan fingerprint density at radius 1 is 1.10 bits per heavy atom. The first-order chi connectivity index (χ1) is 13.8. The van der Waals surface area contributed by atoms with Crippen molar-refractivity contribution >= 4 is 33.2 Å². The van der Waals surface area contributed by atoms with Gasteiger partial charge in [-0.1, -0.05) is 25.1 Å². The molecule has 2 heterocycles. The van der Waals surface area contributed by atoms with Crippen molar-refractivity contribution in [1.82, 2.24) is 9.21 Å². The molecule has 2 aromatic rings. The second-order valence-corrected chi connectivity index (χ2v) is 9.91. The maximum Gasteiger partial charge on any atom is 0.348 e. The van der Waals surface area contributed by atoms with Gasteiger partial charge in [-0.25, -0.2) is 13.2 Å². The third-order valence-corrected chi connectivity index (χ3v) is 7.89.